The number of benzene rings is 1. The highest BCUT2D eigenvalue weighted by Crippen LogP contribution is 2.35. The molecule has 0 unspecified atom stereocenters. The van der Waals surface area contributed by atoms with Gasteiger partial charge in [0.2, 0.25) is 0 Å². The van der Waals surface area contributed by atoms with E-state index in [1.54, 1.807) is 26.6 Å². The van der Waals surface area contributed by atoms with E-state index in [0.717, 1.165) is 40.4 Å². The van der Waals surface area contributed by atoms with Gasteiger partial charge in [-0.2, -0.15) is 0 Å². The van der Waals surface area contributed by atoms with Gasteiger partial charge in [-0.05, 0) is 23.8 Å². The standard InChI is InChI=1S/C22H25N3O4/c1-4-18-15(12-27-2)11-19(29-18)22(26)25-10-9-17-20(24-13-23-17)21(25)14-5-7-16(28-3)8-6-14/h5-8,11,13,21H,4,9-10,12H2,1-3H3,(H,23,24)/t21-/m1/s1. The molecule has 0 fully saturated rings. The van der Waals surface area contributed by atoms with Gasteiger partial charge >= 0.3 is 0 Å². The molecule has 3 heterocycles. The van der Waals surface area contributed by atoms with Gasteiger partial charge in [0.05, 0.1) is 25.7 Å². The van der Waals surface area contributed by atoms with Gasteiger partial charge in [0.25, 0.3) is 5.91 Å². The number of fused-ring (bicyclic) bond motifs is 1. The van der Waals surface area contributed by atoms with Crippen LogP contribution in [0.1, 0.15) is 51.8 Å². The number of methoxy groups -OCH3 is 2. The number of H-pyrrole nitrogens is 1. The number of furan rings is 1. The van der Waals surface area contributed by atoms with Gasteiger partial charge in [0, 0.05) is 37.8 Å². The van der Waals surface area contributed by atoms with Crippen molar-refractivity contribution >= 4 is 5.91 Å². The Morgan fingerprint density at radius 1 is 1.31 bits per heavy atom. The summed E-state index contributed by atoms with van der Waals surface area (Å²) in [5.41, 5.74) is 3.82. The minimum Gasteiger partial charge on any atom is -0.497 e. The average Bonchev–Trinajstić information content (AvgIpc) is 3.39. The predicted octanol–water partition coefficient (Wildman–Crippen LogP) is 3.51. The lowest BCUT2D eigenvalue weighted by atomic mass is 9.95. The molecule has 1 aliphatic heterocycles. The quantitative estimate of drug-likeness (QED) is 0.691. The van der Waals surface area contributed by atoms with E-state index in [0.29, 0.717) is 25.3 Å². The summed E-state index contributed by atoms with van der Waals surface area (Å²) in [6.45, 7) is 3.00. The fourth-order valence-electron chi connectivity index (χ4n) is 3.91. The Hall–Kier alpha value is -3.06. The van der Waals surface area contributed by atoms with Gasteiger partial charge in [0.1, 0.15) is 17.6 Å². The van der Waals surface area contributed by atoms with Gasteiger partial charge in [-0.15, -0.1) is 0 Å². The first-order chi connectivity index (χ1) is 14.2. The zero-order valence-electron chi connectivity index (χ0n) is 16.9. The van der Waals surface area contributed by atoms with Crippen molar-refractivity contribution in [1.29, 1.82) is 0 Å². The average molecular weight is 395 g/mol. The fourth-order valence-corrected chi connectivity index (χ4v) is 3.91. The van der Waals surface area contributed by atoms with Crippen LogP contribution in [0.25, 0.3) is 0 Å². The van der Waals surface area contributed by atoms with E-state index < -0.39 is 0 Å². The highest BCUT2D eigenvalue weighted by atomic mass is 16.5. The highest BCUT2D eigenvalue weighted by molar-refractivity contribution is 5.92. The summed E-state index contributed by atoms with van der Waals surface area (Å²) in [4.78, 5) is 23.0. The van der Waals surface area contributed by atoms with E-state index >= 15 is 0 Å². The first-order valence-electron chi connectivity index (χ1n) is 9.73. The highest BCUT2D eigenvalue weighted by Gasteiger charge is 2.36. The number of carbonyl (C=O) groups is 1. The van der Waals surface area contributed by atoms with Crippen LogP contribution in [0.15, 0.2) is 41.1 Å². The van der Waals surface area contributed by atoms with Crippen LogP contribution in [0.3, 0.4) is 0 Å². The number of nitrogens with zero attached hydrogens (tertiary/aromatic N) is 2. The van der Waals surface area contributed by atoms with Gasteiger partial charge in [-0.25, -0.2) is 4.98 Å². The molecule has 152 valence electrons. The second-order valence-corrected chi connectivity index (χ2v) is 7.04. The molecule has 2 aromatic heterocycles. The summed E-state index contributed by atoms with van der Waals surface area (Å²) in [6, 6.07) is 9.27. The van der Waals surface area contributed by atoms with Crippen molar-refractivity contribution in [3.05, 3.63) is 70.7 Å². The molecule has 0 aliphatic carbocycles. The number of hydrogen-bond donors (Lipinski definition) is 1. The van der Waals surface area contributed by atoms with Crippen LogP contribution in [-0.4, -0.2) is 41.5 Å². The van der Waals surface area contributed by atoms with Crippen LogP contribution in [0.2, 0.25) is 0 Å². The lowest BCUT2D eigenvalue weighted by Gasteiger charge is -2.34. The van der Waals surface area contributed by atoms with Crippen LogP contribution in [-0.2, 0) is 24.2 Å². The van der Waals surface area contributed by atoms with E-state index in [4.69, 9.17) is 13.9 Å². The van der Waals surface area contributed by atoms with Gasteiger partial charge in [-0.3, -0.25) is 4.79 Å². The number of aryl methyl sites for hydroxylation is 1. The SMILES string of the molecule is CCc1oc(C(=O)N2CCc3[nH]cnc3[C@H]2c2ccc(OC)cc2)cc1COC. The Bertz CT molecular complexity index is 990. The zero-order chi connectivity index (χ0) is 20.4. The number of hydrogen-bond acceptors (Lipinski definition) is 5. The summed E-state index contributed by atoms with van der Waals surface area (Å²) in [6.07, 6.45) is 3.12. The van der Waals surface area contributed by atoms with Gasteiger partial charge in [-0.1, -0.05) is 19.1 Å². The topological polar surface area (TPSA) is 80.6 Å². The van der Waals surface area contributed by atoms with Crippen molar-refractivity contribution < 1.29 is 18.7 Å². The third kappa shape index (κ3) is 3.53. The minimum atomic E-state index is -0.288. The van der Waals surface area contributed by atoms with E-state index in [2.05, 4.69) is 9.97 Å². The number of carbonyl (C=O) groups excluding carboxylic acids is 1. The van der Waals surface area contributed by atoms with Crippen molar-refractivity contribution in [2.24, 2.45) is 0 Å². The van der Waals surface area contributed by atoms with E-state index in [1.807, 2.05) is 36.1 Å². The normalized spacial score (nSPS) is 16.0. The molecule has 1 aromatic carbocycles. The summed E-state index contributed by atoms with van der Waals surface area (Å²) < 4.78 is 16.4. The van der Waals surface area contributed by atoms with Gasteiger partial charge in [0.15, 0.2) is 5.76 Å². The zero-order valence-corrected chi connectivity index (χ0v) is 16.9. The third-order valence-electron chi connectivity index (χ3n) is 5.35. The van der Waals surface area contributed by atoms with E-state index in [1.165, 1.54) is 0 Å². The largest absolute Gasteiger partial charge is 0.497 e. The second-order valence-electron chi connectivity index (χ2n) is 7.04. The number of amides is 1. The first kappa shape index (κ1) is 19.3. The molecule has 29 heavy (non-hydrogen) atoms. The maximum atomic E-state index is 13.5. The molecular weight excluding hydrogens is 370 g/mol. The molecule has 0 spiro atoms. The molecule has 1 aliphatic rings. The summed E-state index contributed by atoms with van der Waals surface area (Å²) in [7, 11) is 3.27. The molecule has 3 aromatic rings. The Labute approximate surface area is 169 Å². The predicted molar refractivity (Wildman–Crippen MR) is 107 cm³/mol. The molecule has 1 amide bonds. The van der Waals surface area contributed by atoms with Crippen molar-refractivity contribution in [3.8, 4) is 5.75 Å². The van der Waals surface area contributed by atoms with E-state index in [9.17, 15) is 4.79 Å². The van der Waals surface area contributed by atoms with Crippen molar-refractivity contribution in [2.45, 2.75) is 32.4 Å². The molecule has 7 heteroatoms. The number of ether oxygens (including phenoxy) is 2. The fraction of sp³-hybridized carbons (Fsp3) is 0.364. The Balaban J connectivity index is 1.72. The second kappa shape index (κ2) is 8.13. The molecule has 7 nitrogen and oxygen atoms in total. The summed E-state index contributed by atoms with van der Waals surface area (Å²) in [5.74, 6) is 1.75. The molecule has 0 saturated carbocycles. The monoisotopic (exact) mass is 395 g/mol. The summed E-state index contributed by atoms with van der Waals surface area (Å²) in [5, 5.41) is 0. The number of rotatable bonds is 6. The summed E-state index contributed by atoms with van der Waals surface area (Å²) >= 11 is 0. The molecular formula is C22H25N3O4. The van der Waals surface area contributed by atoms with Crippen LogP contribution >= 0.6 is 0 Å². The Kier molecular flexibility index (Phi) is 5.40. The van der Waals surface area contributed by atoms with Crippen molar-refractivity contribution in [1.82, 2.24) is 14.9 Å². The van der Waals surface area contributed by atoms with Crippen LogP contribution in [0.5, 0.6) is 5.75 Å². The Morgan fingerprint density at radius 3 is 2.79 bits per heavy atom. The number of aromatic amines is 1. The lowest BCUT2D eigenvalue weighted by Crippen LogP contribution is -2.40. The first-order valence-corrected chi connectivity index (χ1v) is 9.73. The third-order valence-corrected chi connectivity index (χ3v) is 5.35. The van der Waals surface area contributed by atoms with Crippen LogP contribution < -0.4 is 4.74 Å². The molecule has 4 rings (SSSR count). The molecule has 0 saturated heterocycles. The number of imidazole rings is 1. The van der Waals surface area contributed by atoms with Crippen molar-refractivity contribution in [3.63, 3.8) is 0 Å². The maximum absolute atomic E-state index is 13.5. The van der Waals surface area contributed by atoms with Crippen LogP contribution in [0, 0.1) is 0 Å². The lowest BCUT2D eigenvalue weighted by molar-refractivity contribution is 0.0656. The Morgan fingerprint density at radius 2 is 2.10 bits per heavy atom. The molecule has 0 bridgehead atoms. The number of nitrogens with one attached hydrogen (secondary N) is 1. The van der Waals surface area contributed by atoms with E-state index in [-0.39, 0.29) is 11.9 Å². The number of aromatic nitrogens is 2. The molecule has 1 N–H and O–H groups in total. The van der Waals surface area contributed by atoms with Crippen LogP contribution in [0.4, 0.5) is 0 Å². The van der Waals surface area contributed by atoms with Gasteiger partial charge < -0.3 is 23.8 Å². The smallest absolute Gasteiger partial charge is 0.290 e. The van der Waals surface area contributed by atoms with Crippen molar-refractivity contribution in [2.75, 3.05) is 20.8 Å². The maximum Gasteiger partial charge on any atom is 0.290 e. The minimum absolute atomic E-state index is 0.142. The molecule has 1 atom stereocenters. The molecule has 0 radical (unpaired) electrons.